The molecular formula is C18H24N4O4. The molecule has 140 valence electrons. The summed E-state index contributed by atoms with van der Waals surface area (Å²) in [6.07, 6.45) is 0.596. The van der Waals surface area contributed by atoms with E-state index in [-0.39, 0.29) is 11.6 Å². The summed E-state index contributed by atoms with van der Waals surface area (Å²) in [6, 6.07) is 5.55. The van der Waals surface area contributed by atoms with Crippen LogP contribution >= 0.6 is 0 Å². The van der Waals surface area contributed by atoms with E-state index in [9.17, 15) is 9.59 Å². The summed E-state index contributed by atoms with van der Waals surface area (Å²) in [5, 5.41) is 11.3. The first-order valence-corrected chi connectivity index (χ1v) is 8.75. The lowest BCUT2D eigenvalue weighted by atomic mass is 10.1. The van der Waals surface area contributed by atoms with Crippen molar-refractivity contribution in [2.24, 2.45) is 0 Å². The van der Waals surface area contributed by atoms with Crippen LogP contribution in [0.15, 0.2) is 23.0 Å². The van der Waals surface area contributed by atoms with Gasteiger partial charge in [-0.2, -0.15) is 0 Å². The Morgan fingerprint density at radius 1 is 1.35 bits per heavy atom. The fraction of sp³-hybridized carbons (Fsp3) is 0.500. The van der Waals surface area contributed by atoms with Gasteiger partial charge in [0.2, 0.25) is 0 Å². The van der Waals surface area contributed by atoms with Crippen molar-refractivity contribution in [3.8, 4) is 5.75 Å². The second kappa shape index (κ2) is 7.74. The SMILES string of the molecule is COc1ccc2nc(C)c(=O)n(CCN3CCC(NC(=O)O)CC3)c2c1. The summed E-state index contributed by atoms with van der Waals surface area (Å²) < 4.78 is 7.03. The fourth-order valence-corrected chi connectivity index (χ4v) is 3.41. The molecule has 1 aromatic carbocycles. The van der Waals surface area contributed by atoms with Crippen LogP contribution in [0, 0.1) is 6.92 Å². The minimum atomic E-state index is -0.970. The lowest BCUT2D eigenvalue weighted by Crippen LogP contribution is -2.45. The summed E-state index contributed by atoms with van der Waals surface area (Å²) in [4.78, 5) is 30.0. The van der Waals surface area contributed by atoms with Gasteiger partial charge in [-0.05, 0) is 31.9 Å². The van der Waals surface area contributed by atoms with Crippen molar-refractivity contribution in [2.75, 3.05) is 26.7 Å². The van der Waals surface area contributed by atoms with Gasteiger partial charge in [-0.25, -0.2) is 9.78 Å². The molecule has 1 amide bonds. The topological polar surface area (TPSA) is 96.7 Å². The zero-order valence-corrected chi connectivity index (χ0v) is 15.1. The Morgan fingerprint density at radius 3 is 2.73 bits per heavy atom. The summed E-state index contributed by atoms with van der Waals surface area (Å²) in [5.74, 6) is 0.692. The number of aromatic nitrogens is 2. The van der Waals surface area contributed by atoms with Crippen molar-refractivity contribution in [1.29, 1.82) is 0 Å². The molecule has 3 rings (SSSR count). The van der Waals surface area contributed by atoms with Gasteiger partial charge in [0.1, 0.15) is 11.4 Å². The highest BCUT2D eigenvalue weighted by atomic mass is 16.5. The maximum Gasteiger partial charge on any atom is 0.404 e. The number of nitrogens with zero attached hydrogens (tertiary/aromatic N) is 3. The van der Waals surface area contributed by atoms with Crippen LogP contribution in [0.25, 0.3) is 11.0 Å². The summed E-state index contributed by atoms with van der Waals surface area (Å²) in [5.41, 5.74) is 1.93. The number of aryl methyl sites for hydroxylation is 1. The third-order valence-corrected chi connectivity index (χ3v) is 4.87. The molecule has 2 heterocycles. The van der Waals surface area contributed by atoms with E-state index >= 15 is 0 Å². The van der Waals surface area contributed by atoms with Gasteiger partial charge in [-0.15, -0.1) is 0 Å². The van der Waals surface area contributed by atoms with Gasteiger partial charge >= 0.3 is 6.09 Å². The number of methoxy groups -OCH3 is 1. The number of benzene rings is 1. The molecule has 0 spiro atoms. The number of carbonyl (C=O) groups is 1. The lowest BCUT2D eigenvalue weighted by Gasteiger charge is -2.31. The Bertz CT molecular complexity index is 856. The highest BCUT2D eigenvalue weighted by Gasteiger charge is 2.20. The van der Waals surface area contributed by atoms with Gasteiger partial charge < -0.3 is 24.6 Å². The van der Waals surface area contributed by atoms with Crippen LogP contribution in [0.4, 0.5) is 4.79 Å². The number of fused-ring (bicyclic) bond motifs is 1. The Hall–Kier alpha value is -2.61. The van der Waals surface area contributed by atoms with E-state index in [1.54, 1.807) is 18.6 Å². The Kier molecular flexibility index (Phi) is 5.41. The Balaban J connectivity index is 1.74. The Morgan fingerprint density at radius 2 is 2.08 bits per heavy atom. The largest absolute Gasteiger partial charge is 0.497 e. The van der Waals surface area contributed by atoms with Crippen molar-refractivity contribution >= 4 is 17.1 Å². The van der Waals surface area contributed by atoms with Crippen LogP contribution in [-0.2, 0) is 6.54 Å². The van der Waals surface area contributed by atoms with Crippen LogP contribution in [-0.4, -0.2) is 58.4 Å². The molecule has 1 fully saturated rings. The molecule has 0 aliphatic carbocycles. The minimum Gasteiger partial charge on any atom is -0.497 e. The number of amides is 1. The molecule has 2 N–H and O–H groups in total. The average molecular weight is 360 g/mol. The van der Waals surface area contributed by atoms with Gasteiger partial charge in [0.25, 0.3) is 5.56 Å². The quantitative estimate of drug-likeness (QED) is 0.838. The van der Waals surface area contributed by atoms with E-state index in [2.05, 4.69) is 15.2 Å². The van der Waals surface area contributed by atoms with Crippen molar-refractivity contribution in [1.82, 2.24) is 19.8 Å². The van der Waals surface area contributed by atoms with E-state index in [1.165, 1.54) is 0 Å². The molecule has 8 heteroatoms. The Labute approximate surface area is 151 Å². The molecule has 0 bridgehead atoms. The average Bonchev–Trinajstić information content (AvgIpc) is 2.62. The lowest BCUT2D eigenvalue weighted by molar-refractivity contribution is 0.166. The van der Waals surface area contributed by atoms with Gasteiger partial charge in [0.15, 0.2) is 0 Å². The zero-order valence-electron chi connectivity index (χ0n) is 15.1. The van der Waals surface area contributed by atoms with Crippen molar-refractivity contribution in [2.45, 2.75) is 32.4 Å². The molecule has 1 aliphatic heterocycles. The van der Waals surface area contributed by atoms with Crippen LogP contribution in [0.1, 0.15) is 18.5 Å². The zero-order chi connectivity index (χ0) is 18.7. The van der Waals surface area contributed by atoms with E-state index in [1.807, 2.05) is 18.2 Å². The van der Waals surface area contributed by atoms with Crippen molar-refractivity contribution < 1.29 is 14.6 Å². The smallest absolute Gasteiger partial charge is 0.404 e. The molecule has 0 radical (unpaired) electrons. The normalized spacial score (nSPS) is 15.9. The first-order valence-electron chi connectivity index (χ1n) is 8.75. The molecule has 2 aromatic rings. The predicted octanol–water partition coefficient (Wildman–Crippen LogP) is 1.45. The molecule has 0 atom stereocenters. The second-order valence-electron chi connectivity index (χ2n) is 6.57. The third kappa shape index (κ3) is 3.96. The number of rotatable bonds is 5. The molecule has 1 aromatic heterocycles. The number of piperidine rings is 1. The van der Waals surface area contributed by atoms with E-state index < -0.39 is 6.09 Å². The number of nitrogens with one attached hydrogen (secondary N) is 1. The maximum absolute atomic E-state index is 12.6. The molecule has 1 saturated heterocycles. The molecule has 1 aliphatic rings. The van der Waals surface area contributed by atoms with Crippen LogP contribution < -0.4 is 15.6 Å². The van der Waals surface area contributed by atoms with Gasteiger partial charge in [0, 0.05) is 38.3 Å². The van der Waals surface area contributed by atoms with Crippen molar-refractivity contribution in [3.05, 3.63) is 34.2 Å². The van der Waals surface area contributed by atoms with E-state index in [0.29, 0.717) is 18.0 Å². The molecule has 0 saturated carbocycles. The molecule has 26 heavy (non-hydrogen) atoms. The highest BCUT2D eigenvalue weighted by molar-refractivity contribution is 5.76. The summed E-state index contributed by atoms with van der Waals surface area (Å²) in [6.45, 7) is 4.64. The summed E-state index contributed by atoms with van der Waals surface area (Å²) >= 11 is 0. The molecule has 8 nitrogen and oxygen atoms in total. The highest BCUT2D eigenvalue weighted by Crippen LogP contribution is 2.19. The second-order valence-corrected chi connectivity index (χ2v) is 6.57. The molecular weight excluding hydrogens is 336 g/mol. The van der Waals surface area contributed by atoms with Gasteiger partial charge in [-0.1, -0.05) is 0 Å². The number of hydrogen-bond donors (Lipinski definition) is 2. The third-order valence-electron chi connectivity index (χ3n) is 4.87. The van der Waals surface area contributed by atoms with Gasteiger partial charge in [-0.3, -0.25) is 4.79 Å². The number of ether oxygens (including phenoxy) is 1. The number of likely N-dealkylation sites (tertiary alicyclic amines) is 1. The van der Waals surface area contributed by atoms with Crippen LogP contribution in [0.3, 0.4) is 0 Å². The van der Waals surface area contributed by atoms with Crippen molar-refractivity contribution in [3.63, 3.8) is 0 Å². The van der Waals surface area contributed by atoms with E-state index in [0.717, 1.165) is 43.5 Å². The predicted molar refractivity (Wildman–Crippen MR) is 97.9 cm³/mol. The monoisotopic (exact) mass is 360 g/mol. The number of carboxylic acid groups (broad SMARTS) is 1. The first kappa shape index (κ1) is 18.2. The van der Waals surface area contributed by atoms with Crippen LogP contribution in [0.5, 0.6) is 5.75 Å². The van der Waals surface area contributed by atoms with Crippen LogP contribution in [0.2, 0.25) is 0 Å². The standard InChI is InChI=1S/C18H24N4O4/c1-12-17(23)22(16-11-14(26-2)3-4-15(16)19-12)10-9-21-7-5-13(6-8-21)20-18(24)25/h3-4,11,13,20H,5-10H2,1-2H3,(H,24,25). The van der Waals surface area contributed by atoms with E-state index in [4.69, 9.17) is 9.84 Å². The van der Waals surface area contributed by atoms with Gasteiger partial charge in [0.05, 0.1) is 18.1 Å². The first-order chi connectivity index (χ1) is 12.5. The maximum atomic E-state index is 12.6. The fourth-order valence-electron chi connectivity index (χ4n) is 3.41. The summed E-state index contributed by atoms with van der Waals surface area (Å²) in [7, 11) is 1.60. The minimum absolute atomic E-state index is 0.0136. The number of hydrogen-bond acceptors (Lipinski definition) is 5. The molecule has 0 unspecified atom stereocenters.